The molecule has 0 fully saturated rings. The topological polar surface area (TPSA) is 64.9 Å². The molecule has 0 aliphatic heterocycles. The quantitative estimate of drug-likeness (QED) is 0.543. The van der Waals surface area contributed by atoms with Crippen LogP contribution in [0.5, 0.6) is 0 Å². The van der Waals surface area contributed by atoms with Gasteiger partial charge < -0.3 is 0 Å². The first-order valence-electron chi connectivity index (χ1n) is 2.23. The first-order valence-corrected chi connectivity index (χ1v) is 5.15. The molecule has 0 aliphatic rings. The fourth-order valence-electron chi connectivity index (χ4n) is 0.272. The van der Waals surface area contributed by atoms with Gasteiger partial charge in [0.15, 0.2) is 0 Å². The Morgan fingerprint density at radius 2 is 2.50 bits per heavy atom. The summed E-state index contributed by atoms with van der Waals surface area (Å²) in [6.07, 6.45) is 0. The molecule has 0 spiro atoms. The van der Waals surface area contributed by atoms with E-state index in [0.29, 0.717) is 15.0 Å². The van der Waals surface area contributed by atoms with Crippen LogP contribution < -0.4 is 5.73 Å². The van der Waals surface area contributed by atoms with E-state index in [9.17, 15) is 4.79 Å². The van der Waals surface area contributed by atoms with E-state index >= 15 is 0 Å². The summed E-state index contributed by atoms with van der Waals surface area (Å²) < 4.78 is 0. The zero-order chi connectivity index (χ0) is 6.57. The Hall–Kier alpha value is -0.0505. The van der Waals surface area contributed by atoms with Crippen molar-refractivity contribution in [2.24, 2.45) is 0 Å². The van der Waals surface area contributed by atoms with Crippen LogP contribution in [0, 0.1) is 0 Å². The number of rotatable bonds is 3. The predicted molar refractivity (Wildman–Crippen MR) is 30.7 cm³/mol. The van der Waals surface area contributed by atoms with Crippen LogP contribution in [0.1, 0.15) is 0 Å². The first kappa shape index (κ1) is 7.95. The molecular weight excluding hydrogens is 173 g/mol. The van der Waals surface area contributed by atoms with Crippen molar-refractivity contribution in [2.75, 3.05) is 0 Å². The van der Waals surface area contributed by atoms with Gasteiger partial charge in [-0.2, -0.15) is 0 Å². The van der Waals surface area contributed by atoms with Crippen molar-refractivity contribution >= 4 is 20.9 Å². The van der Waals surface area contributed by atoms with Crippen molar-refractivity contribution in [3.8, 4) is 0 Å². The number of hydrogen-bond acceptors (Lipinski definition) is 1. The second-order valence-electron chi connectivity index (χ2n) is 1.49. The first-order chi connectivity index (χ1) is 3.68. The molecule has 8 heavy (non-hydrogen) atoms. The standard InChI is InChI=1S/C4H9NO2Se/c1-8-2-3(5)4(6)7/h3H,2,5H2,1H3,(H,6,7)/p+1. The SMILES string of the molecule is C[Se]CC([NH3+])C(=O)O. The summed E-state index contributed by atoms with van der Waals surface area (Å²) >= 11 is 0.435. The van der Waals surface area contributed by atoms with E-state index in [1.54, 1.807) is 0 Å². The van der Waals surface area contributed by atoms with Gasteiger partial charge in [-0.3, -0.25) is 0 Å². The third-order valence-corrected chi connectivity index (χ3v) is 2.26. The maximum atomic E-state index is 10.0. The molecule has 1 atom stereocenters. The number of carboxylic acid groups (broad SMARTS) is 1. The maximum absolute atomic E-state index is 10.0. The number of carboxylic acids is 1. The van der Waals surface area contributed by atoms with Crippen molar-refractivity contribution in [1.29, 1.82) is 0 Å². The van der Waals surface area contributed by atoms with Crippen LogP contribution in [-0.2, 0) is 4.79 Å². The zero-order valence-electron chi connectivity index (χ0n) is 4.76. The molecule has 0 aliphatic carbocycles. The molecule has 0 radical (unpaired) electrons. The molecule has 3 nitrogen and oxygen atoms in total. The summed E-state index contributed by atoms with van der Waals surface area (Å²) in [5.74, 6) is 1.22. The van der Waals surface area contributed by atoms with Gasteiger partial charge in [-0.1, -0.05) is 0 Å². The summed E-state index contributed by atoms with van der Waals surface area (Å²) in [5.41, 5.74) is 3.44. The van der Waals surface area contributed by atoms with E-state index in [4.69, 9.17) is 5.11 Å². The van der Waals surface area contributed by atoms with Crippen LogP contribution in [0.3, 0.4) is 0 Å². The van der Waals surface area contributed by atoms with Gasteiger partial charge in [0.05, 0.1) is 0 Å². The fourth-order valence-corrected chi connectivity index (χ4v) is 1.42. The average Bonchev–Trinajstić information content (AvgIpc) is 1.67. The van der Waals surface area contributed by atoms with E-state index in [1.807, 2.05) is 5.82 Å². The van der Waals surface area contributed by atoms with Crippen molar-refractivity contribution in [1.82, 2.24) is 0 Å². The number of hydrogen-bond donors (Lipinski definition) is 2. The van der Waals surface area contributed by atoms with Gasteiger partial charge in [-0.15, -0.1) is 0 Å². The Labute approximate surface area is 54.4 Å². The monoisotopic (exact) mass is 184 g/mol. The van der Waals surface area contributed by atoms with Crippen molar-refractivity contribution < 1.29 is 15.6 Å². The summed E-state index contributed by atoms with van der Waals surface area (Å²) in [4.78, 5) is 10.0. The third kappa shape index (κ3) is 3.02. The van der Waals surface area contributed by atoms with Gasteiger partial charge in [-0.05, 0) is 0 Å². The van der Waals surface area contributed by atoms with Crippen LogP contribution in [0.2, 0.25) is 11.1 Å². The normalized spacial score (nSPS) is 13.2. The summed E-state index contributed by atoms with van der Waals surface area (Å²) in [6, 6.07) is -0.389. The van der Waals surface area contributed by atoms with Crippen molar-refractivity contribution in [3.63, 3.8) is 0 Å². The Bertz CT molecular complexity index is 86.1. The zero-order valence-corrected chi connectivity index (χ0v) is 6.47. The molecule has 0 bridgehead atoms. The molecule has 0 aromatic rings. The number of quaternary nitrogens is 1. The number of carbonyl (C=O) groups is 1. The van der Waals surface area contributed by atoms with Crippen molar-refractivity contribution in [2.45, 2.75) is 17.2 Å². The molecule has 4 heteroatoms. The molecule has 0 aromatic carbocycles. The molecule has 0 heterocycles. The average molecular weight is 183 g/mol. The third-order valence-electron chi connectivity index (χ3n) is 0.717. The van der Waals surface area contributed by atoms with E-state index in [0.717, 1.165) is 5.32 Å². The van der Waals surface area contributed by atoms with Crippen LogP contribution >= 0.6 is 0 Å². The molecule has 4 N–H and O–H groups in total. The summed E-state index contributed by atoms with van der Waals surface area (Å²) in [7, 11) is 0. The molecule has 48 valence electrons. The molecular formula is C4H10NO2Se+. The fraction of sp³-hybridized carbons (Fsp3) is 0.750. The van der Waals surface area contributed by atoms with E-state index in [-0.39, 0.29) is 6.04 Å². The van der Waals surface area contributed by atoms with Gasteiger partial charge in [0.2, 0.25) is 0 Å². The van der Waals surface area contributed by atoms with Crippen LogP contribution in [0.15, 0.2) is 0 Å². The second-order valence-corrected chi connectivity index (χ2v) is 3.40. The van der Waals surface area contributed by atoms with E-state index < -0.39 is 5.97 Å². The Balaban J connectivity index is 3.32. The predicted octanol–water partition coefficient (Wildman–Crippen LogP) is -1.15. The minimum absolute atomic E-state index is 0.389. The number of aliphatic carboxylic acids is 1. The van der Waals surface area contributed by atoms with Crippen LogP contribution in [0.25, 0.3) is 0 Å². The van der Waals surface area contributed by atoms with Crippen LogP contribution in [0.4, 0.5) is 0 Å². The van der Waals surface area contributed by atoms with E-state index in [1.165, 1.54) is 0 Å². The van der Waals surface area contributed by atoms with Gasteiger partial charge in [0.25, 0.3) is 0 Å². The Kier molecular flexibility index (Phi) is 3.87. The summed E-state index contributed by atoms with van der Waals surface area (Å²) in [5, 5.41) is 9.00. The molecule has 0 rings (SSSR count). The Morgan fingerprint density at radius 3 is 2.62 bits per heavy atom. The summed E-state index contributed by atoms with van der Waals surface area (Å²) in [6.45, 7) is 0. The van der Waals surface area contributed by atoms with Gasteiger partial charge in [0.1, 0.15) is 0 Å². The Morgan fingerprint density at radius 1 is 2.00 bits per heavy atom. The van der Waals surface area contributed by atoms with Gasteiger partial charge >= 0.3 is 53.7 Å². The molecule has 0 saturated carbocycles. The minimum atomic E-state index is -0.784. The van der Waals surface area contributed by atoms with Gasteiger partial charge in [0, 0.05) is 0 Å². The van der Waals surface area contributed by atoms with E-state index in [2.05, 4.69) is 5.73 Å². The molecule has 0 amide bonds. The van der Waals surface area contributed by atoms with Crippen LogP contribution in [-0.4, -0.2) is 32.1 Å². The van der Waals surface area contributed by atoms with Crippen molar-refractivity contribution in [3.05, 3.63) is 0 Å². The molecule has 0 saturated heterocycles. The second kappa shape index (κ2) is 3.89. The molecule has 0 aromatic heterocycles. The molecule has 1 unspecified atom stereocenters. The van der Waals surface area contributed by atoms with Gasteiger partial charge in [-0.25, -0.2) is 0 Å².